The summed E-state index contributed by atoms with van der Waals surface area (Å²) in [5, 5.41) is 4.07. The number of rotatable bonds is 4. The second-order valence-electron chi connectivity index (χ2n) is 3.93. The van der Waals surface area contributed by atoms with Gasteiger partial charge in [-0.3, -0.25) is 4.79 Å². The normalized spacial score (nSPS) is 12.2. The van der Waals surface area contributed by atoms with E-state index in [0.717, 1.165) is 5.69 Å². The summed E-state index contributed by atoms with van der Waals surface area (Å²) in [6.45, 7) is 2.29. The maximum absolute atomic E-state index is 11.7. The first-order chi connectivity index (χ1) is 7.41. The average molecular weight is 240 g/mol. The molecule has 0 aromatic carbocycles. The molecule has 0 aliphatic heterocycles. The second kappa shape index (κ2) is 5.07. The highest BCUT2D eigenvalue weighted by atomic mass is 32.1. The van der Waals surface area contributed by atoms with Crippen LogP contribution in [-0.4, -0.2) is 28.9 Å². The van der Waals surface area contributed by atoms with Crippen molar-refractivity contribution in [2.24, 2.45) is 11.7 Å². The van der Waals surface area contributed by atoms with Gasteiger partial charge in [0.05, 0.1) is 23.4 Å². The van der Waals surface area contributed by atoms with Crippen molar-refractivity contribution in [2.75, 3.05) is 19.0 Å². The molecule has 0 aliphatic carbocycles. The molecular formula is C10H16N4OS. The summed E-state index contributed by atoms with van der Waals surface area (Å²) in [5.74, 6) is -0.0367. The van der Waals surface area contributed by atoms with E-state index in [1.165, 1.54) is 4.68 Å². The van der Waals surface area contributed by atoms with Crippen LogP contribution in [0.3, 0.4) is 0 Å². The topological polar surface area (TPSA) is 64.2 Å². The molecule has 0 spiro atoms. The third kappa shape index (κ3) is 3.03. The molecule has 0 bridgehead atoms. The highest BCUT2D eigenvalue weighted by molar-refractivity contribution is 7.80. The first-order valence-electron chi connectivity index (χ1n) is 4.95. The molecule has 1 rings (SSSR count). The molecule has 0 radical (unpaired) electrons. The third-order valence-electron chi connectivity index (χ3n) is 2.30. The van der Waals surface area contributed by atoms with Crippen LogP contribution in [0.15, 0.2) is 17.1 Å². The van der Waals surface area contributed by atoms with Crippen LogP contribution < -0.4 is 16.2 Å². The molecule has 5 nitrogen and oxygen atoms in total. The molecule has 1 heterocycles. The molecule has 1 aromatic heterocycles. The van der Waals surface area contributed by atoms with Crippen molar-refractivity contribution in [2.45, 2.75) is 13.5 Å². The Balaban J connectivity index is 2.92. The van der Waals surface area contributed by atoms with Crippen LogP contribution in [0, 0.1) is 5.92 Å². The molecule has 88 valence electrons. The third-order valence-corrected chi connectivity index (χ3v) is 2.71. The second-order valence-corrected chi connectivity index (χ2v) is 4.40. The molecule has 0 saturated heterocycles. The van der Waals surface area contributed by atoms with Crippen molar-refractivity contribution in [3.8, 4) is 0 Å². The number of thiocarbonyl (C=S) groups is 1. The van der Waals surface area contributed by atoms with Crippen LogP contribution >= 0.6 is 12.2 Å². The Morgan fingerprint density at radius 3 is 2.75 bits per heavy atom. The van der Waals surface area contributed by atoms with Gasteiger partial charge in [0.25, 0.3) is 5.56 Å². The zero-order valence-corrected chi connectivity index (χ0v) is 10.5. The van der Waals surface area contributed by atoms with Crippen LogP contribution in [0.25, 0.3) is 0 Å². The summed E-state index contributed by atoms with van der Waals surface area (Å²) in [6.07, 6.45) is 1.65. The maximum atomic E-state index is 11.7. The van der Waals surface area contributed by atoms with E-state index in [1.54, 1.807) is 12.3 Å². The quantitative estimate of drug-likeness (QED) is 0.763. The molecule has 6 heteroatoms. The molecule has 0 saturated carbocycles. The van der Waals surface area contributed by atoms with E-state index in [1.807, 2.05) is 25.9 Å². The number of nitrogens with zero attached hydrogens (tertiary/aromatic N) is 3. The lowest BCUT2D eigenvalue weighted by molar-refractivity contribution is 0.516. The van der Waals surface area contributed by atoms with Gasteiger partial charge in [-0.15, -0.1) is 0 Å². The average Bonchev–Trinajstić information content (AvgIpc) is 2.20. The van der Waals surface area contributed by atoms with Crippen LogP contribution in [0.4, 0.5) is 5.69 Å². The van der Waals surface area contributed by atoms with Gasteiger partial charge < -0.3 is 10.6 Å². The number of hydrogen-bond acceptors (Lipinski definition) is 4. The largest absolute Gasteiger partial charge is 0.393 e. The smallest absolute Gasteiger partial charge is 0.268 e. The van der Waals surface area contributed by atoms with E-state index < -0.39 is 0 Å². The first kappa shape index (κ1) is 12.6. The predicted octanol–water partition coefficient (Wildman–Crippen LogP) is 0.232. The number of anilines is 1. The van der Waals surface area contributed by atoms with Gasteiger partial charge in [-0.2, -0.15) is 5.10 Å². The lowest BCUT2D eigenvalue weighted by Crippen LogP contribution is -2.30. The van der Waals surface area contributed by atoms with E-state index in [2.05, 4.69) is 5.10 Å². The van der Waals surface area contributed by atoms with Crippen molar-refractivity contribution >= 4 is 22.9 Å². The summed E-state index contributed by atoms with van der Waals surface area (Å²) < 4.78 is 1.37. The summed E-state index contributed by atoms with van der Waals surface area (Å²) >= 11 is 4.85. The van der Waals surface area contributed by atoms with E-state index in [4.69, 9.17) is 18.0 Å². The van der Waals surface area contributed by atoms with Crippen molar-refractivity contribution in [1.82, 2.24) is 9.78 Å². The lowest BCUT2D eigenvalue weighted by atomic mass is 10.2. The summed E-state index contributed by atoms with van der Waals surface area (Å²) in [7, 11) is 3.72. The van der Waals surface area contributed by atoms with E-state index >= 15 is 0 Å². The zero-order chi connectivity index (χ0) is 12.3. The minimum atomic E-state index is -0.144. The van der Waals surface area contributed by atoms with Gasteiger partial charge in [0.1, 0.15) is 0 Å². The standard InChI is InChI=1S/C10H16N4OS/c1-7(10(11)16)6-14-9(15)4-8(5-12-14)13(2)3/h4-5,7H,6H2,1-3H3,(H2,11,16). The lowest BCUT2D eigenvalue weighted by Gasteiger charge is -2.14. The van der Waals surface area contributed by atoms with E-state index in [-0.39, 0.29) is 11.5 Å². The van der Waals surface area contributed by atoms with Gasteiger partial charge in [-0.1, -0.05) is 19.1 Å². The molecular weight excluding hydrogens is 224 g/mol. The van der Waals surface area contributed by atoms with Crippen LogP contribution in [0.1, 0.15) is 6.92 Å². The Hall–Kier alpha value is -1.43. The minimum Gasteiger partial charge on any atom is -0.393 e. The fraction of sp³-hybridized carbons (Fsp3) is 0.500. The van der Waals surface area contributed by atoms with Crippen molar-refractivity contribution in [3.05, 3.63) is 22.6 Å². The van der Waals surface area contributed by atoms with Crippen LogP contribution in [0.5, 0.6) is 0 Å². The fourth-order valence-electron chi connectivity index (χ4n) is 1.16. The molecule has 0 amide bonds. The Morgan fingerprint density at radius 2 is 2.31 bits per heavy atom. The maximum Gasteiger partial charge on any atom is 0.268 e. The Morgan fingerprint density at radius 1 is 1.69 bits per heavy atom. The highest BCUT2D eigenvalue weighted by Gasteiger charge is 2.08. The predicted molar refractivity (Wildman–Crippen MR) is 68.8 cm³/mol. The Bertz CT molecular complexity index is 441. The van der Waals surface area contributed by atoms with Gasteiger partial charge >= 0.3 is 0 Å². The van der Waals surface area contributed by atoms with Crippen molar-refractivity contribution in [3.63, 3.8) is 0 Å². The monoisotopic (exact) mass is 240 g/mol. The van der Waals surface area contributed by atoms with Crippen molar-refractivity contribution < 1.29 is 0 Å². The summed E-state index contributed by atoms with van der Waals surface area (Å²) in [6, 6.07) is 1.54. The minimum absolute atomic E-state index is 0.0367. The van der Waals surface area contributed by atoms with E-state index in [0.29, 0.717) is 11.5 Å². The van der Waals surface area contributed by atoms with Gasteiger partial charge in [-0.05, 0) is 0 Å². The molecule has 1 aromatic rings. The van der Waals surface area contributed by atoms with Gasteiger partial charge in [0, 0.05) is 26.1 Å². The number of aromatic nitrogens is 2. The molecule has 1 unspecified atom stereocenters. The zero-order valence-electron chi connectivity index (χ0n) is 9.67. The molecule has 16 heavy (non-hydrogen) atoms. The molecule has 0 fully saturated rings. The number of nitrogens with two attached hydrogens (primary N) is 1. The Labute approximate surface area is 99.9 Å². The van der Waals surface area contributed by atoms with Gasteiger partial charge in [-0.25, -0.2) is 4.68 Å². The molecule has 2 N–H and O–H groups in total. The van der Waals surface area contributed by atoms with Crippen molar-refractivity contribution in [1.29, 1.82) is 0 Å². The van der Waals surface area contributed by atoms with E-state index in [9.17, 15) is 4.79 Å². The Kier molecular flexibility index (Phi) is 4.00. The molecule has 0 aliphatic rings. The SMILES string of the molecule is CC(Cn1ncc(N(C)C)cc1=O)C(N)=S. The molecule has 1 atom stereocenters. The summed E-state index contributed by atoms with van der Waals surface area (Å²) in [5.41, 5.74) is 6.13. The van der Waals surface area contributed by atoms with Gasteiger partial charge in [0.2, 0.25) is 0 Å². The highest BCUT2D eigenvalue weighted by Crippen LogP contribution is 2.04. The van der Waals surface area contributed by atoms with Crippen LogP contribution in [-0.2, 0) is 6.54 Å². The summed E-state index contributed by atoms with van der Waals surface area (Å²) in [4.78, 5) is 13.9. The first-order valence-corrected chi connectivity index (χ1v) is 5.36. The fourth-order valence-corrected chi connectivity index (χ4v) is 1.23. The van der Waals surface area contributed by atoms with Gasteiger partial charge in [0.15, 0.2) is 0 Å². The number of hydrogen-bond donors (Lipinski definition) is 1. The van der Waals surface area contributed by atoms with Crippen LogP contribution in [0.2, 0.25) is 0 Å².